The van der Waals surface area contributed by atoms with Gasteiger partial charge in [-0.3, -0.25) is 0 Å². The largest absolute Gasteiger partial charge is 0.463 e. The molecule has 0 aromatic carbocycles. The van der Waals surface area contributed by atoms with Crippen molar-refractivity contribution in [2.24, 2.45) is 0 Å². The zero-order valence-corrected chi connectivity index (χ0v) is 13.4. The second-order valence-corrected chi connectivity index (χ2v) is 13.2. The minimum atomic E-state index is -2.69. The molecule has 0 rings (SSSR count). The number of carbonyl (C=O) groups is 1. The fourth-order valence-electron chi connectivity index (χ4n) is 1.23. The standard InChI is InChI=1S/C11H19Cl3O2Si/c1-3-4-5-6-7-10(2)11(15)16-8-9-17(12,13)14/h2-9H2,1H3. The van der Waals surface area contributed by atoms with Gasteiger partial charge in [0.05, 0.1) is 6.61 Å². The van der Waals surface area contributed by atoms with Gasteiger partial charge in [-0.1, -0.05) is 32.8 Å². The van der Waals surface area contributed by atoms with Crippen LogP contribution < -0.4 is 0 Å². The number of esters is 1. The first-order valence-electron chi connectivity index (χ1n) is 5.78. The average Bonchev–Trinajstić information content (AvgIpc) is 2.22. The molecule has 100 valence electrons. The number of unbranched alkanes of at least 4 members (excludes halogenated alkanes) is 3. The van der Waals surface area contributed by atoms with Gasteiger partial charge in [-0.15, -0.1) is 33.2 Å². The molecule has 0 radical (unpaired) electrons. The quantitative estimate of drug-likeness (QED) is 0.202. The molecule has 0 bridgehead atoms. The molecule has 0 aliphatic carbocycles. The molecule has 0 fully saturated rings. The van der Waals surface area contributed by atoms with Gasteiger partial charge in [-0.05, 0) is 12.8 Å². The number of rotatable bonds is 9. The zero-order chi connectivity index (χ0) is 13.3. The van der Waals surface area contributed by atoms with Gasteiger partial charge in [-0.25, -0.2) is 4.79 Å². The van der Waals surface area contributed by atoms with Gasteiger partial charge >= 0.3 is 12.0 Å². The molecule has 0 N–H and O–H groups in total. The molecule has 0 aliphatic rings. The summed E-state index contributed by atoms with van der Waals surface area (Å²) in [5.41, 5.74) is 0.507. The van der Waals surface area contributed by atoms with Crippen LogP contribution in [0.5, 0.6) is 0 Å². The number of halogens is 3. The summed E-state index contributed by atoms with van der Waals surface area (Å²) in [5, 5.41) is 0. The van der Waals surface area contributed by atoms with E-state index in [1.807, 2.05) is 0 Å². The van der Waals surface area contributed by atoms with E-state index in [1.165, 1.54) is 12.8 Å². The van der Waals surface area contributed by atoms with Gasteiger partial charge in [-0.2, -0.15) is 0 Å². The summed E-state index contributed by atoms with van der Waals surface area (Å²) in [4.78, 5) is 11.5. The molecule has 17 heavy (non-hydrogen) atoms. The van der Waals surface area contributed by atoms with Crippen molar-refractivity contribution in [3.05, 3.63) is 12.2 Å². The summed E-state index contributed by atoms with van der Waals surface area (Å²) >= 11 is 17.0. The maximum Gasteiger partial charge on any atom is 0.344 e. The number of ether oxygens (including phenoxy) is 1. The lowest BCUT2D eigenvalue weighted by atomic mass is 10.1. The van der Waals surface area contributed by atoms with E-state index in [1.54, 1.807) is 0 Å². The lowest BCUT2D eigenvalue weighted by Gasteiger charge is -2.09. The summed E-state index contributed by atoms with van der Waals surface area (Å²) in [5.74, 6) is -0.371. The first-order chi connectivity index (χ1) is 7.87. The Morgan fingerprint density at radius 2 is 1.88 bits per heavy atom. The summed E-state index contributed by atoms with van der Waals surface area (Å²) in [6.45, 7) is 6.01. The number of hydrogen-bond acceptors (Lipinski definition) is 2. The van der Waals surface area contributed by atoms with Gasteiger partial charge in [0.2, 0.25) is 0 Å². The molecule has 0 aromatic rings. The lowest BCUT2D eigenvalue weighted by Crippen LogP contribution is -2.16. The molecule has 0 aliphatic heterocycles. The SMILES string of the molecule is C=C(CCCCCC)C(=O)OCC[Si](Cl)(Cl)Cl. The monoisotopic (exact) mass is 316 g/mol. The zero-order valence-electron chi connectivity index (χ0n) is 10.1. The van der Waals surface area contributed by atoms with Crippen molar-refractivity contribution in [3.8, 4) is 0 Å². The topological polar surface area (TPSA) is 26.3 Å². The van der Waals surface area contributed by atoms with Crippen LogP contribution >= 0.6 is 33.2 Å². The Hall–Kier alpha value is 0.297. The van der Waals surface area contributed by atoms with Crippen molar-refractivity contribution in [1.29, 1.82) is 0 Å². The minimum Gasteiger partial charge on any atom is -0.463 e. The van der Waals surface area contributed by atoms with E-state index >= 15 is 0 Å². The van der Waals surface area contributed by atoms with Crippen LogP contribution in [0.2, 0.25) is 6.04 Å². The van der Waals surface area contributed by atoms with Gasteiger partial charge in [0, 0.05) is 11.6 Å². The van der Waals surface area contributed by atoms with E-state index in [4.69, 9.17) is 38.0 Å². The fourth-order valence-corrected chi connectivity index (χ4v) is 2.26. The highest BCUT2D eigenvalue weighted by molar-refractivity contribution is 7.64. The molecular formula is C11H19Cl3O2Si. The highest BCUT2D eigenvalue weighted by atomic mass is 35.8. The minimum absolute atomic E-state index is 0.162. The average molecular weight is 318 g/mol. The van der Waals surface area contributed by atoms with Gasteiger partial charge < -0.3 is 4.74 Å². The summed E-state index contributed by atoms with van der Waals surface area (Å²) in [6, 6.07) is -2.36. The van der Waals surface area contributed by atoms with Gasteiger partial charge in [0.25, 0.3) is 0 Å². The smallest absolute Gasteiger partial charge is 0.344 e. The Balaban J connectivity index is 3.65. The number of carbonyl (C=O) groups excluding carboxylic acids is 1. The van der Waals surface area contributed by atoms with Crippen molar-refractivity contribution >= 4 is 45.2 Å². The van der Waals surface area contributed by atoms with Crippen molar-refractivity contribution in [2.45, 2.75) is 45.1 Å². The normalized spacial score (nSPS) is 11.3. The maximum absolute atomic E-state index is 11.5. The van der Waals surface area contributed by atoms with Gasteiger partial charge in [0.15, 0.2) is 0 Å². The molecular weight excluding hydrogens is 299 g/mol. The van der Waals surface area contributed by atoms with E-state index in [9.17, 15) is 4.79 Å². The van der Waals surface area contributed by atoms with E-state index in [0.29, 0.717) is 18.0 Å². The molecule has 0 amide bonds. The lowest BCUT2D eigenvalue weighted by molar-refractivity contribution is -0.138. The van der Waals surface area contributed by atoms with E-state index in [-0.39, 0.29) is 12.6 Å². The van der Waals surface area contributed by atoms with Crippen LogP contribution in [0.25, 0.3) is 0 Å². The first kappa shape index (κ1) is 17.3. The Labute approximate surface area is 118 Å². The van der Waals surface area contributed by atoms with Crippen LogP contribution in [0.4, 0.5) is 0 Å². The summed E-state index contributed by atoms with van der Waals surface area (Å²) < 4.78 is 4.98. The highest BCUT2D eigenvalue weighted by Gasteiger charge is 2.25. The van der Waals surface area contributed by atoms with Crippen molar-refractivity contribution in [3.63, 3.8) is 0 Å². The third-order valence-corrected chi connectivity index (χ3v) is 4.71. The third kappa shape index (κ3) is 11.1. The fraction of sp³-hybridized carbons (Fsp3) is 0.727. The number of hydrogen-bond donors (Lipinski definition) is 0. The van der Waals surface area contributed by atoms with Crippen molar-refractivity contribution in [1.82, 2.24) is 0 Å². The second-order valence-electron chi connectivity index (χ2n) is 3.92. The Morgan fingerprint density at radius 1 is 1.24 bits per heavy atom. The van der Waals surface area contributed by atoms with E-state index in [2.05, 4.69) is 13.5 Å². The molecule has 0 unspecified atom stereocenters. The Morgan fingerprint density at radius 3 is 2.41 bits per heavy atom. The maximum atomic E-state index is 11.5. The molecule has 0 atom stereocenters. The predicted octanol–water partition coefficient (Wildman–Crippen LogP) is 4.71. The molecule has 0 saturated carbocycles. The summed E-state index contributed by atoms with van der Waals surface area (Å²) in [6.07, 6.45) is 5.13. The van der Waals surface area contributed by atoms with Gasteiger partial charge in [0.1, 0.15) is 0 Å². The highest BCUT2D eigenvalue weighted by Crippen LogP contribution is 2.24. The van der Waals surface area contributed by atoms with Crippen LogP contribution in [-0.2, 0) is 9.53 Å². The van der Waals surface area contributed by atoms with Crippen molar-refractivity contribution in [2.75, 3.05) is 6.61 Å². The van der Waals surface area contributed by atoms with Crippen LogP contribution in [0.15, 0.2) is 12.2 Å². The first-order valence-corrected chi connectivity index (χ1v) is 11.0. The molecule has 6 heteroatoms. The summed E-state index contributed by atoms with van der Waals surface area (Å²) in [7, 11) is 0. The Kier molecular flexibility index (Phi) is 9.42. The van der Waals surface area contributed by atoms with E-state index in [0.717, 1.165) is 12.8 Å². The molecule has 0 saturated heterocycles. The van der Waals surface area contributed by atoms with Crippen LogP contribution in [0, 0.1) is 0 Å². The second kappa shape index (κ2) is 9.26. The van der Waals surface area contributed by atoms with Crippen LogP contribution in [-0.4, -0.2) is 18.6 Å². The predicted molar refractivity (Wildman–Crippen MR) is 77.0 cm³/mol. The molecule has 0 heterocycles. The molecule has 0 spiro atoms. The Bertz CT molecular complexity index is 252. The molecule has 0 aromatic heterocycles. The van der Waals surface area contributed by atoms with E-state index < -0.39 is 6.00 Å². The third-order valence-electron chi connectivity index (χ3n) is 2.24. The molecule has 2 nitrogen and oxygen atoms in total. The van der Waals surface area contributed by atoms with Crippen LogP contribution in [0.1, 0.15) is 39.0 Å². The van der Waals surface area contributed by atoms with Crippen molar-refractivity contribution < 1.29 is 9.53 Å². The van der Waals surface area contributed by atoms with Crippen LogP contribution in [0.3, 0.4) is 0 Å².